The number of aliphatic hydroxyl groups is 1. The zero-order valence-electron chi connectivity index (χ0n) is 16.4. The highest BCUT2D eigenvalue weighted by Gasteiger charge is 2.51. The predicted octanol–water partition coefficient (Wildman–Crippen LogP) is 3.59. The summed E-state index contributed by atoms with van der Waals surface area (Å²) < 4.78 is 5.12. The number of aliphatic hydroxyl groups excluding tert-OH is 1. The molecule has 3 aromatic carbocycles. The largest absolute Gasteiger partial charge is 0.468 e. The molecular formula is C25H25NO3. The third kappa shape index (κ3) is 3.35. The Bertz CT molecular complexity index is 847. The van der Waals surface area contributed by atoms with Gasteiger partial charge in [0.2, 0.25) is 0 Å². The highest BCUT2D eigenvalue weighted by Crippen LogP contribution is 2.46. The fourth-order valence-electron chi connectivity index (χ4n) is 4.58. The maximum atomic E-state index is 12.7. The van der Waals surface area contributed by atoms with Gasteiger partial charge >= 0.3 is 5.97 Å². The van der Waals surface area contributed by atoms with Crippen LogP contribution in [0.2, 0.25) is 0 Å². The molecule has 148 valence electrons. The number of methoxy groups -OCH3 is 1. The summed E-state index contributed by atoms with van der Waals surface area (Å²) in [5, 5.41) is 10.6. The average molecular weight is 387 g/mol. The summed E-state index contributed by atoms with van der Waals surface area (Å²) in [5.41, 5.74) is 2.39. The lowest BCUT2D eigenvalue weighted by atomic mass is 9.75. The maximum Gasteiger partial charge on any atom is 0.323 e. The summed E-state index contributed by atoms with van der Waals surface area (Å²) >= 11 is 0. The number of hydrogen-bond acceptors (Lipinski definition) is 4. The molecule has 0 saturated carbocycles. The number of likely N-dealkylation sites (tertiary alicyclic amines) is 1. The molecule has 0 aromatic heterocycles. The standard InChI is InChI=1S/C25H25NO3/c1-29-24(28)23-17-22(27)18-26(23)25(19-11-5-2-6-12-19,20-13-7-3-8-14-20)21-15-9-4-10-16-21/h2-16,22-23,27H,17-18H2,1H3/t22-,23-/m0/s1. The van der Waals surface area contributed by atoms with Gasteiger partial charge in [-0.1, -0.05) is 91.0 Å². The Labute approximate surface area is 171 Å². The Morgan fingerprint density at radius 2 is 1.28 bits per heavy atom. The number of carbonyl (C=O) groups excluding carboxylic acids is 1. The first-order valence-electron chi connectivity index (χ1n) is 9.87. The summed E-state index contributed by atoms with van der Waals surface area (Å²) in [6, 6.07) is 30.0. The minimum absolute atomic E-state index is 0.325. The van der Waals surface area contributed by atoms with Crippen molar-refractivity contribution in [1.29, 1.82) is 0 Å². The Morgan fingerprint density at radius 1 is 0.862 bits per heavy atom. The minimum atomic E-state index is -0.736. The molecule has 2 atom stereocenters. The van der Waals surface area contributed by atoms with E-state index in [2.05, 4.69) is 41.3 Å². The van der Waals surface area contributed by atoms with E-state index in [9.17, 15) is 9.90 Å². The normalized spacial score (nSPS) is 19.8. The molecule has 1 N–H and O–H groups in total. The Morgan fingerprint density at radius 3 is 1.66 bits per heavy atom. The van der Waals surface area contributed by atoms with Gasteiger partial charge in [0.05, 0.1) is 18.8 Å². The molecule has 1 aliphatic rings. The van der Waals surface area contributed by atoms with Crippen molar-refractivity contribution in [2.75, 3.05) is 13.7 Å². The number of benzene rings is 3. The minimum Gasteiger partial charge on any atom is -0.468 e. The second kappa shape index (κ2) is 8.19. The molecule has 1 saturated heterocycles. The molecule has 1 heterocycles. The van der Waals surface area contributed by atoms with E-state index in [1.165, 1.54) is 7.11 Å². The van der Waals surface area contributed by atoms with Crippen molar-refractivity contribution in [2.45, 2.75) is 24.1 Å². The molecule has 1 aliphatic heterocycles. The lowest BCUT2D eigenvalue weighted by Crippen LogP contribution is -2.53. The van der Waals surface area contributed by atoms with Gasteiger partial charge in [-0.3, -0.25) is 9.69 Å². The smallest absolute Gasteiger partial charge is 0.323 e. The highest BCUT2D eigenvalue weighted by atomic mass is 16.5. The van der Waals surface area contributed by atoms with Crippen LogP contribution in [0.4, 0.5) is 0 Å². The van der Waals surface area contributed by atoms with Gasteiger partial charge in [-0.15, -0.1) is 0 Å². The molecule has 29 heavy (non-hydrogen) atoms. The summed E-state index contributed by atoms with van der Waals surface area (Å²) in [6.07, 6.45) is -0.254. The summed E-state index contributed by atoms with van der Waals surface area (Å²) in [4.78, 5) is 14.8. The van der Waals surface area contributed by atoms with Crippen LogP contribution in [0.15, 0.2) is 91.0 Å². The molecular weight excluding hydrogens is 362 g/mol. The molecule has 0 bridgehead atoms. The third-order valence-electron chi connectivity index (χ3n) is 5.76. The second-order valence-electron chi connectivity index (χ2n) is 7.39. The molecule has 0 radical (unpaired) electrons. The van der Waals surface area contributed by atoms with Crippen molar-refractivity contribution in [3.05, 3.63) is 108 Å². The van der Waals surface area contributed by atoms with Crippen LogP contribution >= 0.6 is 0 Å². The van der Waals surface area contributed by atoms with Crippen molar-refractivity contribution in [2.24, 2.45) is 0 Å². The van der Waals surface area contributed by atoms with E-state index >= 15 is 0 Å². The number of rotatable bonds is 5. The molecule has 0 amide bonds. The Balaban J connectivity index is 2.04. The third-order valence-corrected chi connectivity index (χ3v) is 5.76. The van der Waals surface area contributed by atoms with E-state index in [4.69, 9.17) is 4.74 Å². The van der Waals surface area contributed by atoms with Crippen LogP contribution in [0.3, 0.4) is 0 Å². The molecule has 1 fully saturated rings. The van der Waals surface area contributed by atoms with Gasteiger partial charge in [0, 0.05) is 13.0 Å². The maximum absolute atomic E-state index is 12.7. The van der Waals surface area contributed by atoms with Crippen LogP contribution in [0.1, 0.15) is 23.1 Å². The van der Waals surface area contributed by atoms with Crippen LogP contribution in [0.25, 0.3) is 0 Å². The Kier molecular flexibility index (Phi) is 5.47. The summed E-state index contributed by atoms with van der Waals surface area (Å²) in [7, 11) is 1.40. The van der Waals surface area contributed by atoms with Crippen LogP contribution in [0.5, 0.6) is 0 Å². The topological polar surface area (TPSA) is 49.8 Å². The quantitative estimate of drug-likeness (QED) is 0.537. The second-order valence-corrected chi connectivity index (χ2v) is 7.39. The van der Waals surface area contributed by atoms with Crippen molar-refractivity contribution < 1.29 is 14.6 Å². The first kappa shape index (κ1) is 19.4. The highest BCUT2D eigenvalue weighted by molar-refractivity contribution is 5.77. The molecule has 4 nitrogen and oxygen atoms in total. The molecule has 0 spiro atoms. The number of ether oxygens (including phenoxy) is 1. The molecule has 3 aromatic rings. The van der Waals surface area contributed by atoms with Crippen LogP contribution in [-0.4, -0.2) is 41.8 Å². The van der Waals surface area contributed by atoms with Crippen LogP contribution in [-0.2, 0) is 15.1 Å². The number of hydrogen-bond donors (Lipinski definition) is 1. The summed E-state index contributed by atoms with van der Waals surface area (Å²) in [6.45, 7) is 0.373. The Hall–Kier alpha value is -2.95. The monoisotopic (exact) mass is 387 g/mol. The van der Waals surface area contributed by atoms with Gasteiger partial charge in [0.25, 0.3) is 0 Å². The van der Waals surface area contributed by atoms with Gasteiger partial charge < -0.3 is 9.84 Å². The lowest BCUT2D eigenvalue weighted by Gasteiger charge is -2.45. The molecule has 4 heteroatoms. The zero-order valence-corrected chi connectivity index (χ0v) is 16.4. The first-order chi connectivity index (χ1) is 14.2. The van der Waals surface area contributed by atoms with Gasteiger partial charge in [0.15, 0.2) is 0 Å². The van der Waals surface area contributed by atoms with E-state index in [1.54, 1.807) is 0 Å². The number of nitrogens with zero attached hydrogens (tertiary/aromatic N) is 1. The average Bonchev–Trinajstić information content (AvgIpc) is 3.18. The molecule has 0 aliphatic carbocycles. The van der Waals surface area contributed by atoms with Gasteiger partial charge in [-0.25, -0.2) is 0 Å². The fraction of sp³-hybridized carbons (Fsp3) is 0.240. The van der Waals surface area contributed by atoms with Gasteiger partial charge in [0.1, 0.15) is 6.04 Å². The van der Waals surface area contributed by atoms with Crippen molar-refractivity contribution in [1.82, 2.24) is 4.90 Å². The first-order valence-corrected chi connectivity index (χ1v) is 9.87. The van der Waals surface area contributed by atoms with E-state index < -0.39 is 17.7 Å². The van der Waals surface area contributed by atoms with E-state index in [0.29, 0.717) is 13.0 Å². The molecule has 0 unspecified atom stereocenters. The number of β-amino-alcohol motifs (C(OH)–C–C–N with tert-alkyl or cyclic N) is 1. The molecule has 4 rings (SSSR count). The van der Waals surface area contributed by atoms with Gasteiger partial charge in [-0.05, 0) is 16.7 Å². The van der Waals surface area contributed by atoms with Crippen molar-refractivity contribution in [3.8, 4) is 0 Å². The van der Waals surface area contributed by atoms with E-state index in [1.807, 2.05) is 54.6 Å². The van der Waals surface area contributed by atoms with Gasteiger partial charge in [-0.2, -0.15) is 0 Å². The van der Waals surface area contributed by atoms with Crippen LogP contribution in [0, 0.1) is 0 Å². The SMILES string of the molecule is COC(=O)[C@@H]1C[C@H](O)CN1C(c1ccccc1)(c1ccccc1)c1ccccc1. The van der Waals surface area contributed by atoms with Crippen LogP contribution < -0.4 is 0 Å². The predicted molar refractivity (Wildman–Crippen MR) is 112 cm³/mol. The van der Waals surface area contributed by atoms with Crippen molar-refractivity contribution >= 4 is 5.97 Å². The number of esters is 1. The van der Waals surface area contributed by atoms with E-state index in [-0.39, 0.29) is 5.97 Å². The fourth-order valence-corrected chi connectivity index (χ4v) is 4.58. The van der Waals surface area contributed by atoms with E-state index in [0.717, 1.165) is 16.7 Å². The lowest BCUT2D eigenvalue weighted by molar-refractivity contribution is -0.147. The summed E-state index contributed by atoms with van der Waals surface area (Å²) in [5.74, 6) is -0.325. The van der Waals surface area contributed by atoms with Crippen molar-refractivity contribution in [3.63, 3.8) is 0 Å². The number of carbonyl (C=O) groups is 1. The zero-order chi connectivity index (χ0) is 20.3.